The zero-order chi connectivity index (χ0) is 19.8. The number of benzene rings is 2. The number of halogens is 2. The molecular weight excluding hydrogens is 364 g/mol. The van der Waals surface area contributed by atoms with E-state index < -0.39 is 24.1 Å². The van der Waals surface area contributed by atoms with Crippen LogP contribution >= 0.6 is 0 Å². The van der Waals surface area contributed by atoms with E-state index in [9.17, 15) is 18.7 Å². The molecule has 148 valence electrons. The number of hydrogen-bond acceptors (Lipinski definition) is 3. The number of piperidine rings is 1. The van der Waals surface area contributed by atoms with E-state index in [4.69, 9.17) is 4.74 Å². The van der Waals surface area contributed by atoms with Crippen LogP contribution < -0.4 is 0 Å². The maximum absolute atomic E-state index is 13.4. The summed E-state index contributed by atoms with van der Waals surface area (Å²) in [6.45, 7) is 0. The van der Waals surface area contributed by atoms with Crippen LogP contribution in [0.4, 0.5) is 8.78 Å². The Morgan fingerprint density at radius 2 is 1.57 bits per heavy atom. The molecule has 2 aromatic carbocycles. The Bertz CT molecular complexity index is 794. The minimum absolute atomic E-state index is 0.0525. The molecule has 1 N–H and O–H groups in total. The first-order valence-electron chi connectivity index (χ1n) is 9.55. The molecule has 2 bridgehead atoms. The first kappa shape index (κ1) is 19.0. The zero-order valence-electron chi connectivity index (χ0n) is 15.6. The van der Waals surface area contributed by atoms with E-state index in [2.05, 4.69) is 4.90 Å². The molecule has 0 aliphatic carbocycles. The Morgan fingerprint density at radius 3 is 2.07 bits per heavy atom. The third kappa shape index (κ3) is 3.54. The van der Waals surface area contributed by atoms with Gasteiger partial charge in [0.1, 0.15) is 17.7 Å². The van der Waals surface area contributed by atoms with Crippen LogP contribution in [-0.2, 0) is 9.53 Å². The molecule has 0 radical (unpaired) electrons. The van der Waals surface area contributed by atoms with Crippen molar-refractivity contribution in [2.75, 3.05) is 7.05 Å². The Morgan fingerprint density at radius 1 is 1.04 bits per heavy atom. The van der Waals surface area contributed by atoms with Crippen LogP contribution in [-0.4, -0.2) is 41.2 Å². The van der Waals surface area contributed by atoms with Gasteiger partial charge in [0, 0.05) is 12.1 Å². The third-order valence-corrected chi connectivity index (χ3v) is 6.16. The van der Waals surface area contributed by atoms with E-state index in [0.29, 0.717) is 23.6 Å². The number of fused-ring (bicyclic) bond motifs is 2. The van der Waals surface area contributed by atoms with Gasteiger partial charge in [-0.3, -0.25) is 9.69 Å². The molecule has 4 rings (SSSR count). The van der Waals surface area contributed by atoms with Gasteiger partial charge >= 0.3 is 5.97 Å². The van der Waals surface area contributed by atoms with Gasteiger partial charge in [0.05, 0.1) is 12.0 Å². The maximum Gasteiger partial charge on any atom is 0.310 e. The van der Waals surface area contributed by atoms with E-state index in [1.54, 1.807) is 24.3 Å². The number of hydrogen-bond donors (Lipinski definition) is 1. The number of rotatable bonds is 5. The molecule has 0 saturated carbocycles. The number of carboxylic acids is 1. The Hall–Kier alpha value is -2.31. The summed E-state index contributed by atoms with van der Waals surface area (Å²) in [7, 11) is 1.98. The van der Waals surface area contributed by atoms with E-state index >= 15 is 0 Å². The van der Waals surface area contributed by atoms with Crippen LogP contribution in [0, 0.1) is 17.6 Å². The van der Waals surface area contributed by atoms with Gasteiger partial charge in [-0.15, -0.1) is 0 Å². The van der Waals surface area contributed by atoms with Gasteiger partial charge in [0.25, 0.3) is 0 Å². The van der Waals surface area contributed by atoms with E-state index in [0.717, 1.165) is 12.8 Å². The molecule has 2 aliphatic rings. The molecule has 0 amide bonds. The lowest BCUT2D eigenvalue weighted by Gasteiger charge is -2.42. The van der Waals surface area contributed by atoms with Crippen molar-refractivity contribution in [1.29, 1.82) is 0 Å². The van der Waals surface area contributed by atoms with E-state index in [-0.39, 0.29) is 17.7 Å². The highest BCUT2D eigenvalue weighted by Gasteiger charge is 2.50. The van der Waals surface area contributed by atoms with Crippen LogP contribution in [0.3, 0.4) is 0 Å². The molecule has 6 heteroatoms. The fraction of sp³-hybridized carbons (Fsp3) is 0.409. The highest BCUT2D eigenvalue weighted by molar-refractivity contribution is 5.72. The molecule has 2 aromatic rings. The molecule has 2 aliphatic heterocycles. The molecule has 0 aromatic heterocycles. The minimum Gasteiger partial charge on any atom is -0.481 e. The van der Waals surface area contributed by atoms with Crippen molar-refractivity contribution in [3.05, 3.63) is 71.3 Å². The van der Waals surface area contributed by atoms with Crippen molar-refractivity contribution in [2.45, 2.75) is 43.6 Å². The topological polar surface area (TPSA) is 49.8 Å². The summed E-state index contributed by atoms with van der Waals surface area (Å²) < 4.78 is 33.2. The van der Waals surface area contributed by atoms with E-state index in [1.807, 2.05) is 7.05 Å². The molecule has 0 unspecified atom stereocenters. The predicted octanol–water partition coefficient (Wildman–Crippen LogP) is 4.01. The lowest BCUT2D eigenvalue weighted by molar-refractivity contribution is -0.158. The van der Waals surface area contributed by atoms with Crippen molar-refractivity contribution in [2.24, 2.45) is 5.92 Å². The predicted molar refractivity (Wildman–Crippen MR) is 99.8 cm³/mol. The molecule has 2 fully saturated rings. The monoisotopic (exact) mass is 387 g/mol. The van der Waals surface area contributed by atoms with Crippen LogP contribution in [0.1, 0.15) is 36.5 Å². The number of carboxylic acid groups (broad SMARTS) is 1. The lowest BCUT2D eigenvalue weighted by atomic mass is 9.87. The quantitative estimate of drug-likeness (QED) is 0.842. The summed E-state index contributed by atoms with van der Waals surface area (Å²) >= 11 is 0. The average molecular weight is 387 g/mol. The van der Waals surface area contributed by atoms with Crippen LogP contribution in [0.25, 0.3) is 0 Å². The first-order chi connectivity index (χ1) is 13.4. The summed E-state index contributed by atoms with van der Waals surface area (Å²) in [4.78, 5) is 14.2. The third-order valence-electron chi connectivity index (χ3n) is 6.16. The number of carbonyl (C=O) groups is 1. The van der Waals surface area contributed by atoms with Gasteiger partial charge < -0.3 is 9.84 Å². The SMILES string of the molecule is CN1[C@H]2CC[C@@H]1[C@H](C(=O)O)[C@@H](OC(c1ccc(F)cc1)c1ccc(F)cc1)C2. The molecule has 0 spiro atoms. The highest BCUT2D eigenvalue weighted by atomic mass is 19.1. The summed E-state index contributed by atoms with van der Waals surface area (Å²) in [5, 5.41) is 9.87. The summed E-state index contributed by atoms with van der Waals surface area (Å²) in [5.74, 6) is -2.21. The second-order valence-corrected chi connectivity index (χ2v) is 7.72. The van der Waals surface area contributed by atoms with Crippen molar-refractivity contribution >= 4 is 5.97 Å². The van der Waals surface area contributed by atoms with Gasteiger partial charge in [-0.2, -0.15) is 0 Å². The molecule has 2 heterocycles. The first-order valence-corrected chi connectivity index (χ1v) is 9.55. The fourth-order valence-electron chi connectivity index (χ4n) is 4.68. The standard InChI is InChI=1S/C22H23F2NO3/c1-25-17-10-11-18(25)20(22(26)27)19(12-17)28-21(13-2-6-15(23)7-3-13)14-4-8-16(24)9-5-14/h2-9,17-21H,10-12H2,1H3,(H,26,27)/t17-,18+,19-,20-/m0/s1. The van der Waals surface area contributed by atoms with Gasteiger partial charge in [0.15, 0.2) is 0 Å². The molecular formula is C22H23F2NO3. The number of nitrogens with zero attached hydrogens (tertiary/aromatic N) is 1. The van der Waals surface area contributed by atoms with Gasteiger partial charge in [-0.25, -0.2) is 8.78 Å². The highest BCUT2D eigenvalue weighted by Crippen LogP contribution is 2.42. The lowest BCUT2D eigenvalue weighted by Crippen LogP contribution is -2.53. The Balaban J connectivity index is 1.67. The molecule has 2 saturated heterocycles. The molecule has 4 nitrogen and oxygen atoms in total. The van der Waals surface area contributed by atoms with Gasteiger partial charge in [-0.05, 0) is 61.7 Å². The zero-order valence-corrected chi connectivity index (χ0v) is 15.6. The van der Waals surface area contributed by atoms with Crippen LogP contribution in [0.5, 0.6) is 0 Å². The second kappa shape index (κ2) is 7.60. The summed E-state index contributed by atoms with van der Waals surface area (Å²) in [5.41, 5.74) is 1.42. The van der Waals surface area contributed by atoms with E-state index in [1.165, 1.54) is 24.3 Å². The normalized spacial score (nSPS) is 27.3. The Labute approximate surface area is 162 Å². The molecule has 28 heavy (non-hydrogen) atoms. The number of ether oxygens (including phenoxy) is 1. The second-order valence-electron chi connectivity index (χ2n) is 7.72. The molecule has 4 atom stereocenters. The number of aliphatic carboxylic acids is 1. The smallest absolute Gasteiger partial charge is 0.310 e. The summed E-state index contributed by atoms with van der Waals surface area (Å²) in [6.07, 6.45) is 1.38. The fourth-order valence-corrected chi connectivity index (χ4v) is 4.68. The van der Waals surface area contributed by atoms with Crippen molar-refractivity contribution in [3.8, 4) is 0 Å². The van der Waals surface area contributed by atoms with Gasteiger partial charge in [0.2, 0.25) is 0 Å². The van der Waals surface area contributed by atoms with Crippen LogP contribution in [0.15, 0.2) is 48.5 Å². The largest absolute Gasteiger partial charge is 0.481 e. The van der Waals surface area contributed by atoms with Crippen molar-refractivity contribution in [1.82, 2.24) is 4.90 Å². The minimum atomic E-state index is -0.862. The maximum atomic E-state index is 13.4. The summed E-state index contributed by atoms with van der Waals surface area (Å²) in [6, 6.07) is 12.2. The Kier molecular flexibility index (Phi) is 5.17. The van der Waals surface area contributed by atoms with Gasteiger partial charge in [-0.1, -0.05) is 24.3 Å². The van der Waals surface area contributed by atoms with Crippen molar-refractivity contribution < 1.29 is 23.4 Å². The van der Waals surface area contributed by atoms with Crippen molar-refractivity contribution in [3.63, 3.8) is 0 Å². The average Bonchev–Trinajstić information content (AvgIpc) is 2.90. The van der Waals surface area contributed by atoms with Crippen LogP contribution in [0.2, 0.25) is 0 Å².